The number of nitrogens with zero attached hydrogens (tertiary/aromatic N) is 1. The van der Waals surface area contributed by atoms with Gasteiger partial charge in [-0.15, -0.1) is 0 Å². The molecular formula is C14H22N2. The Kier molecular flexibility index (Phi) is 2.79. The van der Waals surface area contributed by atoms with Gasteiger partial charge in [0.1, 0.15) is 0 Å². The van der Waals surface area contributed by atoms with E-state index in [1.54, 1.807) is 0 Å². The lowest BCUT2D eigenvalue weighted by Crippen LogP contribution is -2.50. The minimum absolute atomic E-state index is 0.201. The first-order valence-electron chi connectivity index (χ1n) is 6.08. The Morgan fingerprint density at radius 2 is 2.12 bits per heavy atom. The molecule has 0 aliphatic heterocycles. The second-order valence-corrected chi connectivity index (χ2v) is 6.20. The van der Waals surface area contributed by atoms with Crippen LogP contribution in [0.2, 0.25) is 0 Å². The molecule has 16 heavy (non-hydrogen) atoms. The summed E-state index contributed by atoms with van der Waals surface area (Å²) < 4.78 is 0. The summed E-state index contributed by atoms with van der Waals surface area (Å²) in [5.41, 5.74) is 7.90. The third kappa shape index (κ3) is 1.86. The lowest BCUT2D eigenvalue weighted by molar-refractivity contribution is 0.0502. The molecule has 2 nitrogen and oxygen atoms in total. The molecule has 2 rings (SSSR count). The molecule has 2 heteroatoms. The standard InChI is InChI=1S/C14H22N2/c1-13(2,3)12-7-14(8-12,10-15)11-5-4-6-16-9-11/h4-6,9,12H,7-8,10,15H2,1-3H3. The fourth-order valence-corrected chi connectivity index (χ4v) is 2.69. The van der Waals surface area contributed by atoms with E-state index in [0.29, 0.717) is 5.41 Å². The summed E-state index contributed by atoms with van der Waals surface area (Å²) in [5.74, 6) is 0.788. The minimum atomic E-state index is 0.201. The maximum atomic E-state index is 5.98. The van der Waals surface area contributed by atoms with Crippen molar-refractivity contribution in [3.05, 3.63) is 30.1 Å². The van der Waals surface area contributed by atoms with Crippen molar-refractivity contribution in [1.82, 2.24) is 4.98 Å². The van der Waals surface area contributed by atoms with Crippen LogP contribution >= 0.6 is 0 Å². The van der Waals surface area contributed by atoms with Crippen LogP contribution in [0.4, 0.5) is 0 Å². The van der Waals surface area contributed by atoms with E-state index in [4.69, 9.17) is 5.73 Å². The molecule has 1 aromatic rings. The quantitative estimate of drug-likeness (QED) is 0.829. The highest BCUT2D eigenvalue weighted by atomic mass is 14.7. The lowest BCUT2D eigenvalue weighted by atomic mass is 9.52. The van der Waals surface area contributed by atoms with E-state index in [0.717, 1.165) is 12.5 Å². The van der Waals surface area contributed by atoms with Crippen LogP contribution in [0.3, 0.4) is 0 Å². The largest absolute Gasteiger partial charge is 0.330 e. The maximum Gasteiger partial charge on any atom is 0.0306 e. The Labute approximate surface area is 98.3 Å². The van der Waals surface area contributed by atoms with Gasteiger partial charge in [-0.1, -0.05) is 26.8 Å². The molecule has 1 saturated carbocycles. The van der Waals surface area contributed by atoms with Gasteiger partial charge in [-0.3, -0.25) is 4.98 Å². The first kappa shape index (κ1) is 11.6. The van der Waals surface area contributed by atoms with Crippen LogP contribution < -0.4 is 5.73 Å². The highest BCUT2D eigenvalue weighted by Crippen LogP contribution is 2.53. The van der Waals surface area contributed by atoms with E-state index in [9.17, 15) is 0 Å². The zero-order valence-electron chi connectivity index (χ0n) is 10.5. The van der Waals surface area contributed by atoms with Crippen molar-refractivity contribution in [2.75, 3.05) is 6.54 Å². The molecule has 1 fully saturated rings. The van der Waals surface area contributed by atoms with E-state index in [1.807, 2.05) is 18.5 Å². The van der Waals surface area contributed by atoms with Crippen LogP contribution in [-0.4, -0.2) is 11.5 Å². The number of nitrogens with two attached hydrogens (primary N) is 1. The van der Waals surface area contributed by atoms with Crippen LogP contribution in [0.25, 0.3) is 0 Å². The summed E-state index contributed by atoms with van der Waals surface area (Å²) in [6.07, 6.45) is 6.22. The van der Waals surface area contributed by atoms with Crippen molar-refractivity contribution in [3.63, 3.8) is 0 Å². The SMILES string of the molecule is CC(C)(C)C1CC(CN)(c2cccnc2)C1. The molecule has 0 bridgehead atoms. The number of aromatic nitrogens is 1. The van der Waals surface area contributed by atoms with Gasteiger partial charge in [-0.05, 0) is 35.8 Å². The van der Waals surface area contributed by atoms with Crippen LogP contribution in [0, 0.1) is 11.3 Å². The first-order chi connectivity index (χ1) is 7.48. The van der Waals surface area contributed by atoms with Gasteiger partial charge in [0.05, 0.1) is 0 Å². The van der Waals surface area contributed by atoms with Crippen molar-refractivity contribution in [3.8, 4) is 0 Å². The van der Waals surface area contributed by atoms with Gasteiger partial charge < -0.3 is 5.73 Å². The zero-order chi connectivity index (χ0) is 11.8. The predicted molar refractivity (Wildman–Crippen MR) is 67.1 cm³/mol. The summed E-state index contributed by atoms with van der Waals surface area (Å²) in [6.45, 7) is 7.70. The summed E-state index contributed by atoms with van der Waals surface area (Å²) in [4.78, 5) is 4.21. The van der Waals surface area contributed by atoms with Gasteiger partial charge in [-0.2, -0.15) is 0 Å². The fourth-order valence-electron chi connectivity index (χ4n) is 2.69. The van der Waals surface area contributed by atoms with E-state index in [1.165, 1.54) is 18.4 Å². The maximum absolute atomic E-state index is 5.98. The van der Waals surface area contributed by atoms with Gasteiger partial charge in [0.15, 0.2) is 0 Å². The van der Waals surface area contributed by atoms with Gasteiger partial charge in [-0.25, -0.2) is 0 Å². The summed E-state index contributed by atoms with van der Waals surface area (Å²) in [6, 6.07) is 4.18. The van der Waals surface area contributed by atoms with E-state index < -0.39 is 0 Å². The summed E-state index contributed by atoms with van der Waals surface area (Å²) >= 11 is 0. The number of rotatable bonds is 2. The molecule has 0 aromatic carbocycles. The normalized spacial score (nSPS) is 29.9. The van der Waals surface area contributed by atoms with Crippen molar-refractivity contribution < 1.29 is 0 Å². The van der Waals surface area contributed by atoms with Crippen LogP contribution in [0.15, 0.2) is 24.5 Å². The summed E-state index contributed by atoms with van der Waals surface area (Å²) in [5, 5.41) is 0. The molecule has 1 aliphatic rings. The van der Waals surface area contributed by atoms with Gasteiger partial charge in [0, 0.05) is 24.4 Å². The average molecular weight is 218 g/mol. The molecule has 0 unspecified atom stereocenters. The molecule has 0 radical (unpaired) electrons. The zero-order valence-corrected chi connectivity index (χ0v) is 10.5. The van der Waals surface area contributed by atoms with Crippen molar-refractivity contribution in [1.29, 1.82) is 0 Å². The molecule has 0 amide bonds. The molecule has 1 aromatic heterocycles. The molecule has 0 atom stereocenters. The smallest absolute Gasteiger partial charge is 0.0306 e. The molecule has 2 N–H and O–H groups in total. The first-order valence-corrected chi connectivity index (χ1v) is 6.08. The second kappa shape index (κ2) is 3.85. The molecule has 0 saturated heterocycles. The molecule has 0 spiro atoms. The Morgan fingerprint density at radius 1 is 1.44 bits per heavy atom. The third-order valence-electron chi connectivity index (χ3n) is 4.16. The monoisotopic (exact) mass is 218 g/mol. The lowest BCUT2D eigenvalue weighted by Gasteiger charge is -2.52. The van der Waals surface area contributed by atoms with Gasteiger partial charge >= 0.3 is 0 Å². The fraction of sp³-hybridized carbons (Fsp3) is 0.643. The van der Waals surface area contributed by atoms with Crippen molar-refractivity contribution in [2.45, 2.75) is 39.0 Å². The minimum Gasteiger partial charge on any atom is -0.330 e. The number of hydrogen-bond acceptors (Lipinski definition) is 2. The van der Waals surface area contributed by atoms with Crippen LogP contribution in [0.1, 0.15) is 39.2 Å². The predicted octanol–water partition coefficient (Wildman–Crippen LogP) is 2.73. The van der Waals surface area contributed by atoms with Crippen molar-refractivity contribution in [2.24, 2.45) is 17.1 Å². The Hall–Kier alpha value is -0.890. The topological polar surface area (TPSA) is 38.9 Å². The highest BCUT2D eigenvalue weighted by Gasteiger charge is 2.48. The van der Waals surface area contributed by atoms with Crippen LogP contribution in [0.5, 0.6) is 0 Å². The van der Waals surface area contributed by atoms with E-state index in [2.05, 4.69) is 31.8 Å². The van der Waals surface area contributed by atoms with Gasteiger partial charge in [0.25, 0.3) is 0 Å². The Bertz CT molecular complexity index is 345. The van der Waals surface area contributed by atoms with E-state index >= 15 is 0 Å². The third-order valence-corrected chi connectivity index (χ3v) is 4.16. The molecule has 1 aliphatic carbocycles. The number of pyridine rings is 1. The Balaban J connectivity index is 2.15. The average Bonchev–Trinajstić information content (AvgIpc) is 2.16. The molecule has 1 heterocycles. The second-order valence-electron chi connectivity index (χ2n) is 6.20. The molecular weight excluding hydrogens is 196 g/mol. The number of hydrogen-bond donors (Lipinski definition) is 1. The van der Waals surface area contributed by atoms with E-state index in [-0.39, 0.29) is 5.41 Å². The van der Waals surface area contributed by atoms with Crippen molar-refractivity contribution >= 4 is 0 Å². The Morgan fingerprint density at radius 3 is 2.56 bits per heavy atom. The van der Waals surface area contributed by atoms with Crippen LogP contribution in [-0.2, 0) is 5.41 Å². The van der Waals surface area contributed by atoms with Gasteiger partial charge in [0.2, 0.25) is 0 Å². The molecule has 88 valence electrons. The summed E-state index contributed by atoms with van der Waals surface area (Å²) in [7, 11) is 0. The highest BCUT2D eigenvalue weighted by molar-refractivity contribution is 5.27.